The van der Waals surface area contributed by atoms with Crippen LogP contribution in [0.2, 0.25) is 0 Å². The van der Waals surface area contributed by atoms with Gasteiger partial charge < -0.3 is 14.9 Å². The molecule has 0 saturated carbocycles. The lowest BCUT2D eigenvalue weighted by Gasteiger charge is -2.34. The fourth-order valence-electron chi connectivity index (χ4n) is 1.84. The van der Waals surface area contributed by atoms with Crippen molar-refractivity contribution in [2.45, 2.75) is 0 Å². The summed E-state index contributed by atoms with van der Waals surface area (Å²) in [6.45, 7) is 1.53. The van der Waals surface area contributed by atoms with Crippen LogP contribution in [0, 0.1) is 0 Å². The molecule has 1 aliphatic rings. The maximum atomic E-state index is 12.1. The monoisotopic (exact) mass is 332 g/mol. The van der Waals surface area contributed by atoms with Gasteiger partial charge in [-0.1, -0.05) is 0 Å². The molecule has 2 heterocycles. The van der Waals surface area contributed by atoms with E-state index in [4.69, 9.17) is 5.11 Å². The number of halogens is 1. The number of carbonyl (C=O) groups is 2. The molecular weight excluding hydrogens is 320 g/mol. The number of hydrogen-bond acceptors (Lipinski definition) is 4. The molecule has 1 N–H and O–H groups in total. The largest absolute Gasteiger partial charge is 0.387 e. The van der Waals surface area contributed by atoms with Crippen LogP contribution in [0.15, 0.2) is 15.9 Å². The van der Waals surface area contributed by atoms with Gasteiger partial charge in [0.2, 0.25) is 5.91 Å². The smallest absolute Gasteiger partial charge is 0.264 e. The number of aliphatic hydroxyl groups is 1. The summed E-state index contributed by atoms with van der Waals surface area (Å²) in [6, 6.07) is 3.64. The molecular formula is C11H13BrN2O3S. The zero-order valence-corrected chi connectivity index (χ0v) is 12.0. The first-order chi connectivity index (χ1) is 8.61. The van der Waals surface area contributed by atoms with E-state index in [9.17, 15) is 9.59 Å². The van der Waals surface area contributed by atoms with Crippen molar-refractivity contribution < 1.29 is 14.7 Å². The van der Waals surface area contributed by atoms with Crippen molar-refractivity contribution in [2.75, 3.05) is 32.8 Å². The summed E-state index contributed by atoms with van der Waals surface area (Å²) in [7, 11) is 0. The summed E-state index contributed by atoms with van der Waals surface area (Å²) in [5.74, 6) is -0.275. The minimum absolute atomic E-state index is 0.00166. The van der Waals surface area contributed by atoms with E-state index in [0.717, 1.165) is 3.79 Å². The molecule has 2 amide bonds. The molecule has 0 radical (unpaired) electrons. The predicted molar refractivity (Wildman–Crippen MR) is 71.6 cm³/mol. The van der Waals surface area contributed by atoms with Gasteiger partial charge in [-0.3, -0.25) is 9.59 Å². The van der Waals surface area contributed by atoms with Crippen molar-refractivity contribution >= 4 is 39.1 Å². The summed E-state index contributed by atoms with van der Waals surface area (Å²) in [4.78, 5) is 27.4. The standard InChI is InChI=1S/C11H13BrN2O3S/c12-9-2-1-8(18-9)11(17)14-5-3-13(4-6-14)10(16)7-15/h1-2,15H,3-7H2. The fourth-order valence-corrected chi connectivity index (χ4v) is 3.20. The third-order valence-corrected chi connectivity index (χ3v) is 4.45. The SMILES string of the molecule is O=C(CO)N1CCN(C(=O)c2ccc(Br)s2)CC1. The predicted octanol–water partition coefficient (Wildman–Crippen LogP) is 0.787. The number of carbonyl (C=O) groups excluding carboxylic acids is 2. The van der Waals surface area contributed by atoms with E-state index in [1.807, 2.05) is 6.07 Å². The van der Waals surface area contributed by atoms with Gasteiger partial charge in [-0.05, 0) is 28.1 Å². The Morgan fingerprint density at radius 3 is 2.33 bits per heavy atom. The van der Waals surface area contributed by atoms with E-state index in [0.29, 0.717) is 31.1 Å². The zero-order chi connectivity index (χ0) is 13.1. The van der Waals surface area contributed by atoms with E-state index >= 15 is 0 Å². The maximum Gasteiger partial charge on any atom is 0.264 e. The van der Waals surface area contributed by atoms with Gasteiger partial charge in [0.15, 0.2) is 0 Å². The van der Waals surface area contributed by atoms with Crippen molar-refractivity contribution in [3.05, 3.63) is 20.8 Å². The summed E-state index contributed by atoms with van der Waals surface area (Å²) in [5, 5.41) is 8.77. The van der Waals surface area contributed by atoms with Crippen LogP contribution in [0.3, 0.4) is 0 Å². The van der Waals surface area contributed by atoms with E-state index in [1.165, 1.54) is 11.3 Å². The van der Waals surface area contributed by atoms with E-state index in [2.05, 4.69) is 15.9 Å². The number of amides is 2. The first-order valence-electron chi connectivity index (χ1n) is 5.55. The first kappa shape index (κ1) is 13.5. The van der Waals surface area contributed by atoms with Crippen molar-refractivity contribution in [3.8, 4) is 0 Å². The average Bonchev–Trinajstić information content (AvgIpc) is 2.84. The molecule has 5 nitrogen and oxygen atoms in total. The summed E-state index contributed by atoms with van der Waals surface area (Å²) in [6.07, 6.45) is 0. The Kier molecular flexibility index (Phi) is 4.36. The van der Waals surface area contributed by atoms with Crippen LogP contribution in [-0.4, -0.2) is 59.5 Å². The van der Waals surface area contributed by atoms with Crippen LogP contribution in [0.25, 0.3) is 0 Å². The van der Waals surface area contributed by atoms with Crippen LogP contribution in [-0.2, 0) is 4.79 Å². The topological polar surface area (TPSA) is 60.9 Å². The summed E-state index contributed by atoms with van der Waals surface area (Å²) >= 11 is 4.74. The van der Waals surface area contributed by atoms with Crippen LogP contribution < -0.4 is 0 Å². The highest BCUT2D eigenvalue weighted by Gasteiger charge is 2.24. The van der Waals surface area contributed by atoms with Crippen molar-refractivity contribution in [1.29, 1.82) is 0 Å². The Bertz CT molecular complexity index is 455. The molecule has 0 aromatic carbocycles. The molecule has 0 unspecified atom stereocenters. The minimum Gasteiger partial charge on any atom is -0.387 e. The Hall–Kier alpha value is -0.920. The molecule has 98 valence electrons. The number of thiophene rings is 1. The molecule has 1 aliphatic heterocycles. The van der Waals surface area contributed by atoms with Crippen LogP contribution in [0.4, 0.5) is 0 Å². The van der Waals surface area contributed by atoms with Gasteiger partial charge in [0.05, 0.1) is 8.66 Å². The van der Waals surface area contributed by atoms with E-state index < -0.39 is 6.61 Å². The first-order valence-corrected chi connectivity index (χ1v) is 7.16. The molecule has 18 heavy (non-hydrogen) atoms. The molecule has 7 heteroatoms. The lowest BCUT2D eigenvalue weighted by molar-refractivity contribution is -0.135. The quantitative estimate of drug-likeness (QED) is 0.870. The lowest BCUT2D eigenvalue weighted by atomic mass is 10.3. The second-order valence-electron chi connectivity index (χ2n) is 3.93. The van der Waals surface area contributed by atoms with Crippen LogP contribution in [0.5, 0.6) is 0 Å². The molecule has 1 saturated heterocycles. The maximum absolute atomic E-state index is 12.1. The Labute approximate surface area is 117 Å². The third kappa shape index (κ3) is 2.90. The number of aliphatic hydroxyl groups excluding tert-OH is 1. The molecule has 0 bridgehead atoms. The molecule has 2 rings (SSSR count). The molecule has 0 aliphatic carbocycles. The van der Waals surface area contributed by atoms with Crippen LogP contribution in [0.1, 0.15) is 9.67 Å². The number of hydrogen-bond donors (Lipinski definition) is 1. The van der Waals surface area contributed by atoms with Gasteiger partial charge in [-0.25, -0.2) is 0 Å². The van der Waals surface area contributed by atoms with Gasteiger partial charge in [-0.15, -0.1) is 11.3 Å². The van der Waals surface area contributed by atoms with Crippen molar-refractivity contribution in [2.24, 2.45) is 0 Å². The number of nitrogens with zero attached hydrogens (tertiary/aromatic N) is 2. The highest BCUT2D eigenvalue weighted by molar-refractivity contribution is 9.11. The highest BCUT2D eigenvalue weighted by Crippen LogP contribution is 2.23. The number of rotatable bonds is 2. The third-order valence-electron chi connectivity index (χ3n) is 2.84. The second kappa shape index (κ2) is 5.81. The van der Waals surface area contributed by atoms with Gasteiger partial charge >= 0.3 is 0 Å². The lowest BCUT2D eigenvalue weighted by Crippen LogP contribution is -2.51. The molecule has 1 aromatic rings. The summed E-state index contributed by atoms with van der Waals surface area (Å²) in [5.41, 5.74) is 0. The minimum atomic E-state index is -0.466. The normalized spacial score (nSPS) is 15.9. The Morgan fingerprint density at radius 1 is 1.22 bits per heavy atom. The fraction of sp³-hybridized carbons (Fsp3) is 0.455. The summed E-state index contributed by atoms with van der Waals surface area (Å²) < 4.78 is 0.931. The Morgan fingerprint density at radius 2 is 1.83 bits per heavy atom. The van der Waals surface area contributed by atoms with Gasteiger partial charge in [0.25, 0.3) is 5.91 Å². The molecule has 1 fully saturated rings. The Balaban J connectivity index is 1.94. The van der Waals surface area contributed by atoms with Crippen molar-refractivity contribution in [1.82, 2.24) is 9.80 Å². The van der Waals surface area contributed by atoms with Gasteiger partial charge in [0.1, 0.15) is 6.61 Å². The highest BCUT2D eigenvalue weighted by atomic mass is 79.9. The zero-order valence-electron chi connectivity index (χ0n) is 9.63. The van der Waals surface area contributed by atoms with Crippen molar-refractivity contribution in [3.63, 3.8) is 0 Å². The van der Waals surface area contributed by atoms with Crippen LogP contribution >= 0.6 is 27.3 Å². The van der Waals surface area contributed by atoms with E-state index in [-0.39, 0.29) is 11.8 Å². The molecule has 0 atom stereocenters. The molecule has 0 spiro atoms. The van der Waals surface area contributed by atoms with E-state index in [1.54, 1.807) is 15.9 Å². The number of piperazine rings is 1. The van der Waals surface area contributed by atoms with Gasteiger partial charge in [-0.2, -0.15) is 0 Å². The molecule has 1 aromatic heterocycles. The second-order valence-corrected chi connectivity index (χ2v) is 6.40. The van der Waals surface area contributed by atoms with Gasteiger partial charge in [0, 0.05) is 26.2 Å². The average molecular weight is 333 g/mol.